The first-order valence-corrected chi connectivity index (χ1v) is 11.1. The van der Waals surface area contributed by atoms with Gasteiger partial charge in [0.2, 0.25) is 0 Å². The molecule has 0 aromatic heterocycles. The van der Waals surface area contributed by atoms with E-state index < -0.39 is 17.9 Å². The van der Waals surface area contributed by atoms with Gasteiger partial charge in [0.15, 0.2) is 0 Å². The standard InChI is InChI=1S/C26H32O4/c1-2-5-18-10-12-21(13-11-18)22-8-3-6-19(14-22)16-24(26(29)30)23-9-4-7-20(15-23)17-25(27)28/h3-4,6-9,14-15,18,21,24H,2,5,10-13,16-17H2,1H3,(H,27,28)(H,29,30). The first-order valence-electron chi connectivity index (χ1n) is 11.1. The van der Waals surface area contributed by atoms with Gasteiger partial charge in [-0.3, -0.25) is 9.59 Å². The van der Waals surface area contributed by atoms with Gasteiger partial charge in [-0.15, -0.1) is 0 Å². The monoisotopic (exact) mass is 408 g/mol. The highest BCUT2D eigenvalue weighted by molar-refractivity contribution is 5.77. The number of rotatable bonds is 9. The number of carboxylic acids is 2. The summed E-state index contributed by atoms with van der Waals surface area (Å²) < 4.78 is 0. The van der Waals surface area contributed by atoms with Gasteiger partial charge in [-0.2, -0.15) is 0 Å². The molecule has 1 aliphatic rings. The van der Waals surface area contributed by atoms with Gasteiger partial charge in [0, 0.05) is 0 Å². The second kappa shape index (κ2) is 10.4. The quantitative estimate of drug-likeness (QED) is 0.550. The van der Waals surface area contributed by atoms with Crippen LogP contribution in [0.1, 0.15) is 79.5 Å². The molecule has 2 aromatic carbocycles. The lowest BCUT2D eigenvalue weighted by molar-refractivity contribution is -0.139. The maximum atomic E-state index is 12.0. The van der Waals surface area contributed by atoms with E-state index in [0.717, 1.165) is 11.5 Å². The molecule has 4 heteroatoms. The van der Waals surface area contributed by atoms with Crippen LogP contribution in [-0.2, 0) is 22.4 Å². The van der Waals surface area contributed by atoms with Crippen molar-refractivity contribution in [3.8, 4) is 0 Å². The zero-order valence-corrected chi connectivity index (χ0v) is 17.7. The zero-order chi connectivity index (χ0) is 21.5. The molecule has 2 aromatic rings. The average molecular weight is 409 g/mol. The summed E-state index contributed by atoms with van der Waals surface area (Å²) in [5.74, 6) is -1.05. The lowest BCUT2D eigenvalue weighted by atomic mass is 9.77. The van der Waals surface area contributed by atoms with Crippen molar-refractivity contribution < 1.29 is 19.8 Å². The summed E-state index contributed by atoms with van der Waals surface area (Å²) in [5.41, 5.74) is 3.64. The Morgan fingerprint density at radius 2 is 1.67 bits per heavy atom. The van der Waals surface area contributed by atoms with Gasteiger partial charge >= 0.3 is 11.9 Å². The van der Waals surface area contributed by atoms with E-state index in [-0.39, 0.29) is 6.42 Å². The predicted molar refractivity (Wildman–Crippen MR) is 118 cm³/mol. The number of carboxylic acid groups (broad SMARTS) is 2. The molecule has 2 N–H and O–H groups in total. The van der Waals surface area contributed by atoms with Gasteiger partial charge < -0.3 is 10.2 Å². The van der Waals surface area contributed by atoms with E-state index in [4.69, 9.17) is 5.11 Å². The second-order valence-corrected chi connectivity index (χ2v) is 8.66. The van der Waals surface area contributed by atoms with Gasteiger partial charge in [0.1, 0.15) is 0 Å². The van der Waals surface area contributed by atoms with Crippen LogP contribution in [0.5, 0.6) is 0 Å². The van der Waals surface area contributed by atoms with E-state index >= 15 is 0 Å². The van der Waals surface area contributed by atoms with Crippen molar-refractivity contribution in [1.29, 1.82) is 0 Å². The number of hydrogen-bond donors (Lipinski definition) is 2. The molecule has 0 bridgehead atoms. The molecule has 4 nitrogen and oxygen atoms in total. The van der Waals surface area contributed by atoms with Crippen LogP contribution >= 0.6 is 0 Å². The third-order valence-electron chi connectivity index (χ3n) is 6.41. The van der Waals surface area contributed by atoms with Gasteiger partial charge in [-0.1, -0.05) is 68.3 Å². The number of carbonyl (C=O) groups is 2. The fraction of sp³-hybridized carbons (Fsp3) is 0.462. The maximum Gasteiger partial charge on any atom is 0.311 e. The van der Waals surface area contributed by atoms with Crippen molar-refractivity contribution in [3.05, 3.63) is 70.8 Å². The van der Waals surface area contributed by atoms with Crippen LogP contribution in [0.15, 0.2) is 48.5 Å². The van der Waals surface area contributed by atoms with E-state index in [1.54, 1.807) is 24.3 Å². The van der Waals surface area contributed by atoms with Gasteiger partial charge in [0.25, 0.3) is 0 Å². The molecule has 160 valence electrons. The van der Waals surface area contributed by atoms with Crippen LogP contribution in [0.2, 0.25) is 0 Å². The topological polar surface area (TPSA) is 74.6 Å². The average Bonchev–Trinajstić information content (AvgIpc) is 2.72. The molecule has 0 radical (unpaired) electrons. The molecule has 0 heterocycles. The Bertz CT molecular complexity index is 865. The largest absolute Gasteiger partial charge is 0.481 e. The molecule has 30 heavy (non-hydrogen) atoms. The van der Waals surface area contributed by atoms with E-state index in [1.165, 1.54) is 44.1 Å². The minimum Gasteiger partial charge on any atom is -0.481 e. The van der Waals surface area contributed by atoms with E-state index in [9.17, 15) is 14.7 Å². The molecule has 0 amide bonds. The molecular formula is C26H32O4. The van der Waals surface area contributed by atoms with Crippen LogP contribution in [0.3, 0.4) is 0 Å². The Balaban J connectivity index is 1.73. The number of aliphatic carboxylic acids is 2. The summed E-state index contributed by atoms with van der Waals surface area (Å²) in [7, 11) is 0. The van der Waals surface area contributed by atoms with Crippen molar-refractivity contribution in [3.63, 3.8) is 0 Å². The van der Waals surface area contributed by atoms with Crippen LogP contribution in [0.25, 0.3) is 0 Å². The number of hydrogen-bond acceptors (Lipinski definition) is 2. The molecule has 1 atom stereocenters. The van der Waals surface area contributed by atoms with Gasteiger partial charge in [-0.05, 0) is 66.2 Å². The maximum absolute atomic E-state index is 12.0. The molecule has 0 spiro atoms. The van der Waals surface area contributed by atoms with Crippen LogP contribution in [0, 0.1) is 5.92 Å². The Morgan fingerprint density at radius 1 is 0.967 bits per heavy atom. The second-order valence-electron chi connectivity index (χ2n) is 8.66. The Morgan fingerprint density at radius 3 is 2.33 bits per heavy atom. The summed E-state index contributed by atoms with van der Waals surface area (Å²) in [6, 6.07) is 15.4. The van der Waals surface area contributed by atoms with Crippen LogP contribution in [-0.4, -0.2) is 22.2 Å². The van der Waals surface area contributed by atoms with Crippen molar-refractivity contribution in [2.24, 2.45) is 5.92 Å². The van der Waals surface area contributed by atoms with E-state index in [2.05, 4.69) is 19.1 Å². The van der Waals surface area contributed by atoms with E-state index in [0.29, 0.717) is 23.5 Å². The molecule has 1 saturated carbocycles. The molecule has 0 aliphatic heterocycles. The Labute approximate surface area is 179 Å². The molecule has 0 saturated heterocycles. The highest BCUT2D eigenvalue weighted by atomic mass is 16.4. The van der Waals surface area contributed by atoms with Crippen molar-refractivity contribution in [1.82, 2.24) is 0 Å². The van der Waals surface area contributed by atoms with E-state index in [1.807, 2.05) is 12.1 Å². The Kier molecular flexibility index (Phi) is 7.67. The fourth-order valence-corrected chi connectivity index (χ4v) is 4.84. The zero-order valence-electron chi connectivity index (χ0n) is 17.7. The molecule has 1 unspecified atom stereocenters. The summed E-state index contributed by atoms with van der Waals surface area (Å²) in [6.07, 6.45) is 7.90. The third-order valence-corrected chi connectivity index (χ3v) is 6.41. The van der Waals surface area contributed by atoms with Crippen molar-refractivity contribution >= 4 is 11.9 Å². The number of benzene rings is 2. The van der Waals surface area contributed by atoms with Gasteiger partial charge in [0.05, 0.1) is 12.3 Å². The summed E-state index contributed by atoms with van der Waals surface area (Å²) in [6.45, 7) is 2.26. The first kappa shape index (κ1) is 22.1. The van der Waals surface area contributed by atoms with Gasteiger partial charge in [-0.25, -0.2) is 0 Å². The SMILES string of the molecule is CCCC1CCC(c2cccc(CC(C(=O)O)c3cccc(CC(=O)O)c3)c2)CC1. The Hall–Kier alpha value is -2.62. The molecular weight excluding hydrogens is 376 g/mol. The summed E-state index contributed by atoms with van der Waals surface area (Å²) >= 11 is 0. The third kappa shape index (κ3) is 5.94. The predicted octanol–water partition coefficient (Wildman–Crippen LogP) is 5.80. The highest BCUT2D eigenvalue weighted by Crippen LogP contribution is 2.38. The normalized spacial score (nSPS) is 19.9. The minimum absolute atomic E-state index is 0.101. The summed E-state index contributed by atoms with van der Waals surface area (Å²) in [5, 5.41) is 18.9. The van der Waals surface area contributed by atoms with Crippen molar-refractivity contribution in [2.75, 3.05) is 0 Å². The van der Waals surface area contributed by atoms with Crippen molar-refractivity contribution in [2.45, 2.75) is 70.1 Å². The lowest BCUT2D eigenvalue weighted by Gasteiger charge is -2.29. The molecule has 1 fully saturated rings. The summed E-state index contributed by atoms with van der Waals surface area (Å²) in [4.78, 5) is 23.0. The minimum atomic E-state index is -0.916. The van der Waals surface area contributed by atoms with Crippen LogP contribution in [0.4, 0.5) is 0 Å². The first-order chi connectivity index (χ1) is 14.5. The highest BCUT2D eigenvalue weighted by Gasteiger charge is 2.24. The smallest absolute Gasteiger partial charge is 0.311 e. The molecule has 3 rings (SSSR count). The lowest BCUT2D eigenvalue weighted by Crippen LogP contribution is -2.16. The molecule has 1 aliphatic carbocycles. The van der Waals surface area contributed by atoms with Crippen LogP contribution < -0.4 is 0 Å². The fourth-order valence-electron chi connectivity index (χ4n) is 4.84.